The number of alkyl halides is 5. The molecule has 2 aliphatic carbocycles. The molecule has 13 heteroatoms. The van der Waals surface area contributed by atoms with Crippen LogP contribution < -0.4 is 10.2 Å². The number of benzene rings is 2. The number of carbonyl (C=O) groups excluding carboxylic acids is 4. The lowest BCUT2D eigenvalue weighted by Crippen LogP contribution is -2.37. The normalized spacial score (nSPS) is 28.0. The first kappa shape index (κ1) is 26.8. The fourth-order valence-corrected chi connectivity index (χ4v) is 6.61. The number of fused-ring (bicyclic) bond motifs is 5. The standard InChI is InChI=1S/C25H18Cl3F3N2O5/c26-15-6-3-11(25(29,30)31)7-16(15)32-17(34)9-38-24(37)10-1-4-12(5-2-10)33-22(35)18-13-8-14(19(18)23(33)36)21(28)20(13)27/h1-7,13-14,18-21H,8-9H2,(H,32,34)/t13-,14-,18-,19-,20-,21+/m1/s1. The van der Waals surface area contributed by atoms with E-state index in [9.17, 15) is 32.3 Å². The molecule has 1 saturated heterocycles. The van der Waals surface area contributed by atoms with Crippen molar-refractivity contribution in [1.82, 2.24) is 0 Å². The molecule has 0 spiro atoms. The number of anilines is 2. The summed E-state index contributed by atoms with van der Waals surface area (Å²) in [5.74, 6) is -3.85. The van der Waals surface area contributed by atoms with Gasteiger partial charge in [0.25, 0.3) is 5.91 Å². The van der Waals surface area contributed by atoms with E-state index < -0.39 is 42.1 Å². The van der Waals surface area contributed by atoms with Gasteiger partial charge >= 0.3 is 12.1 Å². The maximum Gasteiger partial charge on any atom is 0.416 e. The largest absolute Gasteiger partial charge is 0.452 e. The highest BCUT2D eigenvalue weighted by Gasteiger charge is 2.66. The van der Waals surface area contributed by atoms with Crippen LogP contribution in [0.1, 0.15) is 22.3 Å². The van der Waals surface area contributed by atoms with E-state index in [1.54, 1.807) is 0 Å². The third kappa shape index (κ3) is 4.52. The van der Waals surface area contributed by atoms with Crippen LogP contribution in [0.15, 0.2) is 42.5 Å². The first-order chi connectivity index (χ1) is 17.9. The molecule has 1 heterocycles. The van der Waals surface area contributed by atoms with Crippen LogP contribution in [0, 0.1) is 23.7 Å². The van der Waals surface area contributed by atoms with Crippen molar-refractivity contribution in [2.24, 2.45) is 23.7 Å². The molecule has 6 atom stereocenters. The van der Waals surface area contributed by atoms with Gasteiger partial charge in [-0.1, -0.05) is 11.6 Å². The Morgan fingerprint density at radius 1 is 0.974 bits per heavy atom. The summed E-state index contributed by atoms with van der Waals surface area (Å²) in [4.78, 5) is 51.8. The summed E-state index contributed by atoms with van der Waals surface area (Å²) >= 11 is 18.6. The van der Waals surface area contributed by atoms with Crippen LogP contribution in [0.3, 0.4) is 0 Å². The average Bonchev–Trinajstić information content (AvgIpc) is 3.48. The smallest absolute Gasteiger partial charge is 0.416 e. The summed E-state index contributed by atoms with van der Waals surface area (Å²) in [6, 6.07) is 7.91. The molecule has 2 saturated carbocycles. The minimum absolute atomic E-state index is 0.0275. The number of ether oxygens (including phenoxy) is 1. The molecule has 3 fully saturated rings. The van der Waals surface area contributed by atoms with Crippen molar-refractivity contribution in [3.05, 3.63) is 58.6 Å². The van der Waals surface area contributed by atoms with Gasteiger partial charge in [0.2, 0.25) is 11.8 Å². The molecule has 1 aliphatic heterocycles. The van der Waals surface area contributed by atoms with E-state index in [-0.39, 0.29) is 56.4 Å². The van der Waals surface area contributed by atoms with Crippen LogP contribution in [0.2, 0.25) is 5.02 Å². The van der Waals surface area contributed by atoms with Gasteiger partial charge in [-0.15, -0.1) is 23.2 Å². The molecular weight excluding hydrogens is 572 g/mol. The molecule has 2 aromatic carbocycles. The molecule has 0 unspecified atom stereocenters. The molecule has 200 valence electrons. The summed E-state index contributed by atoms with van der Waals surface area (Å²) in [7, 11) is 0. The Labute approximate surface area is 229 Å². The lowest BCUT2D eigenvalue weighted by atomic mass is 9.80. The lowest BCUT2D eigenvalue weighted by molar-refractivity contribution is -0.137. The Kier molecular flexibility index (Phi) is 6.86. The number of rotatable bonds is 5. The Hall–Kier alpha value is -2.82. The number of nitrogens with one attached hydrogen (secondary N) is 1. The predicted octanol–water partition coefficient (Wildman–Crippen LogP) is 5.12. The molecule has 2 aromatic rings. The Morgan fingerprint density at radius 2 is 1.55 bits per heavy atom. The molecule has 3 amide bonds. The van der Waals surface area contributed by atoms with Crippen LogP contribution >= 0.6 is 34.8 Å². The zero-order valence-corrected chi connectivity index (χ0v) is 21.4. The summed E-state index contributed by atoms with van der Waals surface area (Å²) in [5.41, 5.74) is -0.990. The summed E-state index contributed by atoms with van der Waals surface area (Å²) < 4.78 is 43.6. The SMILES string of the molecule is O=C(COC(=O)c1ccc(N2C(=O)[C@@H]3[C@H]4C[C@@H]([C@@H](Cl)[C@H]4Cl)[C@H]3C2=O)cc1)Nc1cc(C(F)(F)F)ccc1Cl. The first-order valence-electron chi connectivity index (χ1n) is 11.5. The quantitative estimate of drug-likeness (QED) is 0.297. The van der Waals surface area contributed by atoms with Crippen LogP contribution in [-0.2, 0) is 25.3 Å². The van der Waals surface area contributed by atoms with Gasteiger partial charge in [0.05, 0.1) is 50.1 Å². The van der Waals surface area contributed by atoms with Gasteiger partial charge in [-0.25, -0.2) is 4.79 Å². The summed E-state index contributed by atoms with van der Waals surface area (Å²) in [5, 5.41) is 1.30. The average molecular weight is 590 g/mol. The molecule has 3 aliphatic rings. The molecule has 1 N–H and O–H groups in total. The van der Waals surface area contributed by atoms with E-state index in [1.807, 2.05) is 0 Å². The van der Waals surface area contributed by atoms with Gasteiger partial charge in [-0.3, -0.25) is 19.3 Å². The molecule has 0 aromatic heterocycles. The number of halogens is 6. The molecular formula is C25H18Cl3F3N2O5. The lowest BCUT2D eigenvalue weighted by Gasteiger charge is -2.28. The van der Waals surface area contributed by atoms with E-state index in [1.165, 1.54) is 24.3 Å². The number of carbonyl (C=O) groups is 4. The van der Waals surface area contributed by atoms with E-state index in [0.29, 0.717) is 12.5 Å². The molecule has 38 heavy (non-hydrogen) atoms. The maximum absolute atomic E-state index is 13.1. The summed E-state index contributed by atoms with van der Waals surface area (Å²) in [6.07, 6.45) is -3.99. The Bertz CT molecular complexity index is 1300. The number of imide groups is 1. The zero-order chi connectivity index (χ0) is 27.5. The highest BCUT2D eigenvalue weighted by atomic mass is 35.5. The number of nitrogens with zero attached hydrogens (tertiary/aromatic N) is 1. The van der Waals surface area contributed by atoms with Crippen molar-refractivity contribution >= 4 is 69.9 Å². The third-order valence-electron chi connectivity index (χ3n) is 7.25. The van der Waals surface area contributed by atoms with Crippen LogP contribution in [-0.4, -0.2) is 41.1 Å². The van der Waals surface area contributed by atoms with Gasteiger partial charge in [0.15, 0.2) is 6.61 Å². The third-order valence-corrected chi connectivity index (χ3v) is 8.90. The zero-order valence-electron chi connectivity index (χ0n) is 19.2. The van der Waals surface area contributed by atoms with Gasteiger partial charge in [-0.2, -0.15) is 13.2 Å². The second-order valence-electron chi connectivity index (χ2n) is 9.38. The Morgan fingerprint density at radius 3 is 2.11 bits per heavy atom. The number of hydrogen-bond donors (Lipinski definition) is 1. The molecule has 7 nitrogen and oxygen atoms in total. The van der Waals surface area contributed by atoms with E-state index in [4.69, 9.17) is 39.5 Å². The minimum Gasteiger partial charge on any atom is -0.452 e. The van der Waals surface area contributed by atoms with Crippen molar-refractivity contribution in [2.75, 3.05) is 16.8 Å². The van der Waals surface area contributed by atoms with Crippen LogP contribution in [0.5, 0.6) is 0 Å². The van der Waals surface area contributed by atoms with Gasteiger partial charge in [-0.05, 0) is 60.7 Å². The van der Waals surface area contributed by atoms with Crippen molar-refractivity contribution in [1.29, 1.82) is 0 Å². The number of amides is 3. The monoisotopic (exact) mass is 588 g/mol. The molecule has 0 radical (unpaired) electrons. The van der Waals surface area contributed by atoms with E-state index in [0.717, 1.165) is 17.0 Å². The fraction of sp³-hybridized carbons (Fsp3) is 0.360. The highest BCUT2D eigenvalue weighted by molar-refractivity contribution is 6.34. The van der Waals surface area contributed by atoms with Crippen LogP contribution in [0.25, 0.3) is 0 Å². The van der Waals surface area contributed by atoms with Crippen LogP contribution in [0.4, 0.5) is 24.5 Å². The van der Waals surface area contributed by atoms with Gasteiger partial charge in [0.1, 0.15) is 0 Å². The first-order valence-corrected chi connectivity index (χ1v) is 12.7. The summed E-state index contributed by atoms with van der Waals surface area (Å²) in [6.45, 7) is -0.790. The number of hydrogen-bond acceptors (Lipinski definition) is 5. The van der Waals surface area contributed by atoms with Gasteiger partial charge < -0.3 is 10.1 Å². The van der Waals surface area contributed by atoms with Crippen molar-refractivity contribution in [2.45, 2.75) is 23.4 Å². The van der Waals surface area contributed by atoms with E-state index in [2.05, 4.69) is 5.32 Å². The van der Waals surface area contributed by atoms with Crippen molar-refractivity contribution in [3.63, 3.8) is 0 Å². The number of esters is 1. The fourth-order valence-electron chi connectivity index (χ4n) is 5.55. The van der Waals surface area contributed by atoms with Crippen molar-refractivity contribution < 1.29 is 37.1 Å². The molecule has 2 bridgehead atoms. The second kappa shape index (κ2) is 9.73. The second-order valence-corrected chi connectivity index (χ2v) is 10.8. The van der Waals surface area contributed by atoms with Crippen molar-refractivity contribution in [3.8, 4) is 0 Å². The minimum atomic E-state index is -4.63. The maximum atomic E-state index is 13.1. The Balaban J connectivity index is 1.21. The van der Waals surface area contributed by atoms with E-state index >= 15 is 0 Å². The van der Waals surface area contributed by atoms with Gasteiger partial charge in [0, 0.05) is 0 Å². The predicted molar refractivity (Wildman–Crippen MR) is 132 cm³/mol. The topological polar surface area (TPSA) is 92.8 Å². The highest BCUT2D eigenvalue weighted by Crippen LogP contribution is 2.59. The molecule has 5 rings (SSSR count).